The first-order valence-electron chi connectivity index (χ1n) is 4.99. The number of carboxylic acid groups (broad SMARTS) is 2. The van der Waals surface area contributed by atoms with Crippen LogP contribution in [0.4, 0.5) is 0 Å². The molecule has 0 saturated carbocycles. The van der Waals surface area contributed by atoms with Crippen LogP contribution in [0, 0.1) is 6.92 Å². The van der Waals surface area contributed by atoms with Crippen molar-refractivity contribution in [3.63, 3.8) is 0 Å². The van der Waals surface area contributed by atoms with Gasteiger partial charge in [0.05, 0.1) is 5.39 Å². The van der Waals surface area contributed by atoms with Crippen LogP contribution < -0.4 is 5.43 Å². The van der Waals surface area contributed by atoms with E-state index in [1.54, 1.807) is 13.0 Å². The average molecular weight is 267 g/mol. The number of thiophene rings is 1. The summed E-state index contributed by atoms with van der Waals surface area (Å²) < 4.78 is 1.28. The zero-order valence-electron chi connectivity index (χ0n) is 9.34. The number of rotatable bonds is 3. The largest absolute Gasteiger partial charge is 0.480 e. The molecule has 2 N–H and O–H groups in total. The second kappa shape index (κ2) is 4.26. The molecule has 0 radical (unpaired) electrons. The molecule has 0 aromatic carbocycles. The van der Waals surface area contributed by atoms with Crippen LogP contribution in [-0.2, 0) is 11.3 Å². The fourth-order valence-corrected chi connectivity index (χ4v) is 2.69. The Kier molecular flexibility index (Phi) is 2.92. The van der Waals surface area contributed by atoms with Gasteiger partial charge < -0.3 is 14.8 Å². The molecule has 0 aliphatic rings. The van der Waals surface area contributed by atoms with Crippen LogP contribution in [0.2, 0.25) is 0 Å². The minimum Gasteiger partial charge on any atom is -0.480 e. The highest BCUT2D eigenvalue weighted by atomic mass is 32.1. The summed E-state index contributed by atoms with van der Waals surface area (Å²) in [6.07, 6.45) is 1.08. The van der Waals surface area contributed by atoms with Gasteiger partial charge in [0.15, 0.2) is 0 Å². The Morgan fingerprint density at radius 3 is 2.61 bits per heavy atom. The van der Waals surface area contributed by atoms with Gasteiger partial charge in [-0.05, 0) is 13.0 Å². The maximum atomic E-state index is 11.9. The van der Waals surface area contributed by atoms with Gasteiger partial charge >= 0.3 is 11.9 Å². The Morgan fingerprint density at radius 1 is 1.39 bits per heavy atom. The topological polar surface area (TPSA) is 96.6 Å². The molecule has 7 heteroatoms. The zero-order chi connectivity index (χ0) is 13.4. The smallest absolute Gasteiger partial charge is 0.341 e. The molecule has 0 amide bonds. The maximum absolute atomic E-state index is 11.9. The van der Waals surface area contributed by atoms with Gasteiger partial charge in [-0.3, -0.25) is 9.59 Å². The van der Waals surface area contributed by atoms with E-state index in [9.17, 15) is 14.4 Å². The molecule has 94 valence electrons. The molecule has 0 saturated heterocycles. The van der Waals surface area contributed by atoms with Crippen molar-refractivity contribution in [1.82, 2.24) is 4.57 Å². The molecule has 6 nitrogen and oxygen atoms in total. The molecule has 0 fully saturated rings. The van der Waals surface area contributed by atoms with Crippen molar-refractivity contribution in [3.8, 4) is 0 Å². The Morgan fingerprint density at radius 2 is 2.06 bits per heavy atom. The molecular weight excluding hydrogens is 258 g/mol. The van der Waals surface area contributed by atoms with Crippen LogP contribution in [-0.4, -0.2) is 26.7 Å². The Balaban J connectivity index is 2.83. The highest BCUT2D eigenvalue weighted by Crippen LogP contribution is 2.23. The van der Waals surface area contributed by atoms with Gasteiger partial charge in [-0.15, -0.1) is 11.3 Å². The number of carbonyl (C=O) groups is 2. The van der Waals surface area contributed by atoms with Gasteiger partial charge in [0, 0.05) is 11.1 Å². The number of aromatic carboxylic acids is 1. The van der Waals surface area contributed by atoms with Crippen LogP contribution in [0.1, 0.15) is 15.2 Å². The second-order valence-corrected chi connectivity index (χ2v) is 5.01. The van der Waals surface area contributed by atoms with Crippen molar-refractivity contribution in [2.75, 3.05) is 0 Å². The van der Waals surface area contributed by atoms with E-state index >= 15 is 0 Å². The van der Waals surface area contributed by atoms with Crippen LogP contribution in [0.3, 0.4) is 0 Å². The average Bonchev–Trinajstić information content (AvgIpc) is 2.63. The van der Waals surface area contributed by atoms with Crippen LogP contribution >= 0.6 is 11.3 Å². The number of hydrogen-bond acceptors (Lipinski definition) is 4. The predicted molar refractivity (Wildman–Crippen MR) is 65.4 cm³/mol. The highest BCUT2D eigenvalue weighted by molar-refractivity contribution is 7.18. The standard InChI is InChI=1S/C11H9NO5S/c1-5-2-6-9(15)7(11(16)17)3-12(4-8(13)14)10(6)18-5/h2-3H,4H2,1H3,(H,13,14)(H,16,17). The molecule has 2 aromatic heterocycles. The molecular formula is C11H9NO5S. The normalized spacial score (nSPS) is 10.7. The molecule has 0 bridgehead atoms. The molecule has 2 heterocycles. The monoisotopic (exact) mass is 267 g/mol. The fraction of sp³-hybridized carbons (Fsp3) is 0.182. The number of nitrogens with zero attached hydrogens (tertiary/aromatic N) is 1. The van der Waals surface area contributed by atoms with E-state index in [0.717, 1.165) is 11.1 Å². The second-order valence-electron chi connectivity index (χ2n) is 3.77. The highest BCUT2D eigenvalue weighted by Gasteiger charge is 2.17. The van der Waals surface area contributed by atoms with Gasteiger partial charge in [-0.25, -0.2) is 4.79 Å². The molecule has 2 rings (SSSR count). The predicted octanol–water partition coefficient (Wildman–Crippen LogP) is 1.15. The number of carboxylic acids is 2. The summed E-state index contributed by atoms with van der Waals surface area (Å²) >= 11 is 1.26. The summed E-state index contributed by atoms with van der Waals surface area (Å²) in [5.74, 6) is -2.45. The van der Waals surface area contributed by atoms with Crippen molar-refractivity contribution in [2.45, 2.75) is 13.5 Å². The first-order valence-corrected chi connectivity index (χ1v) is 5.80. The molecule has 0 aliphatic carbocycles. The van der Waals surface area contributed by atoms with Crippen LogP contribution in [0.15, 0.2) is 17.1 Å². The number of pyridine rings is 1. The van der Waals surface area contributed by atoms with E-state index in [4.69, 9.17) is 10.2 Å². The number of hydrogen-bond donors (Lipinski definition) is 2. The van der Waals surface area contributed by atoms with E-state index in [-0.39, 0.29) is 11.9 Å². The van der Waals surface area contributed by atoms with Crippen molar-refractivity contribution in [1.29, 1.82) is 0 Å². The Labute approximate surface area is 105 Å². The molecule has 0 atom stereocenters. The number of aliphatic carboxylic acids is 1. The van der Waals surface area contributed by atoms with E-state index in [1.165, 1.54) is 15.9 Å². The molecule has 2 aromatic rings. The summed E-state index contributed by atoms with van der Waals surface area (Å²) in [6, 6.07) is 1.58. The van der Waals surface area contributed by atoms with Gasteiger partial charge in [0.25, 0.3) is 0 Å². The zero-order valence-corrected chi connectivity index (χ0v) is 10.2. The Bertz CT molecular complexity index is 712. The van der Waals surface area contributed by atoms with E-state index in [0.29, 0.717) is 4.83 Å². The van der Waals surface area contributed by atoms with Crippen molar-refractivity contribution in [3.05, 3.63) is 32.9 Å². The van der Waals surface area contributed by atoms with Crippen LogP contribution in [0.5, 0.6) is 0 Å². The minimum absolute atomic E-state index is 0.249. The number of fused-ring (bicyclic) bond motifs is 1. The third-order valence-corrected chi connectivity index (χ3v) is 3.49. The minimum atomic E-state index is -1.36. The van der Waals surface area contributed by atoms with Gasteiger partial charge in [-0.1, -0.05) is 0 Å². The van der Waals surface area contributed by atoms with Gasteiger partial charge in [-0.2, -0.15) is 0 Å². The summed E-state index contributed by atoms with van der Waals surface area (Å²) in [7, 11) is 0. The van der Waals surface area contributed by atoms with Crippen molar-refractivity contribution >= 4 is 33.5 Å². The van der Waals surface area contributed by atoms with Crippen molar-refractivity contribution < 1.29 is 19.8 Å². The number of aromatic nitrogens is 1. The summed E-state index contributed by atoms with van der Waals surface area (Å²) in [6.45, 7) is 1.40. The molecule has 0 spiro atoms. The van der Waals surface area contributed by atoms with Gasteiger partial charge in [0.2, 0.25) is 5.43 Å². The lowest BCUT2D eigenvalue weighted by Crippen LogP contribution is -2.19. The maximum Gasteiger partial charge on any atom is 0.341 e. The summed E-state index contributed by atoms with van der Waals surface area (Å²) in [5, 5.41) is 18.0. The number of aryl methyl sites for hydroxylation is 1. The first kappa shape index (κ1) is 12.3. The Hall–Kier alpha value is -2.15. The van der Waals surface area contributed by atoms with E-state index in [1.807, 2.05) is 0 Å². The third kappa shape index (κ3) is 2.00. The molecule has 0 aliphatic heterocycles. The lowest BCUT2D eigenvalue weighted by molar-refractivity contribution is -0.137. The fourth-order valence-electron chi connectivity index (χ4n) is 1.71. The quantitative estimate of drug-likeness (QED) is 0.869. The SMILES string of the molecule is Cc1cc2c(=O)c(C(=O)O)cn(CC(=O)O)c2s1. The van der Waals surface area contributed by atoms with E-state index in [2.05, 4.69) is 0 Å². The van der Waals surface area contributed by atoms with Crippen molar-refractivity contribution in [2.24, 2.45) is 0 Å². The lowest BCUT2D eigenvalue weighted by Gasteiger charge is -2.06. The third-order valence-electron chi connectivity index (χ3n) is 2.41. The molecule has 18 heavy (non-hydrogen) atoms. The van der Waals surface area contributed by atoms with Gasteiger partial charge in [0.1, 0.15) is 16.9 Å². The molecule has 0 unspecified atom stereocenters. The summed E-state index contributed by atoms with van der Waals surface area (Å²) in [5.41, 5.74) is -0.995. The first-order chi connectivity index (χ1) is 8.40. The van der Waals surface area contributed by atoms with E-state index < -0.39 is 22.9 Å². The summed E-state index contributed by atoms with van der Waals surface area (Å²) in [4.78, 5) is 34.9. The van der Waals surface area contributed by atoms with Crippen LogP contribution in [0.25, 0.3) is 10.2 Å². The lowest BCUT2D eigenvalue weighted by atomic mass is 10.2.